The number of piperazine rings is 1. The second-order valence-electron chi connectivity index (χ2n) is 10.7. The Morgan fingerprint density at radius 1 is 1.11 bits per heavy atom. The number of aromatic nitrogens is 3. The molecule has 0 spiro atoms. The summed E-state index contributed by atoms with van der Waals surface area (Å²) >= 11 is 0. The van der Waals surface area contributed by atoms with Crippen LogP contribution in [0.2, 0.25) is 0 Å². The Labute approximate surface area is 223 Å². The van der Waals surface area contributed by atoms with Crippen LogP contribution in [0.3, 0.4) is 0 Å². The molecule has 0 aliphatic carbocycles. The summed E-state index contributed by atoms with van der Waals surface area (Å²) in [5, 5.41) is 18.8. The van der Waals surface area contributed by atoms with E-state index in [0.717, 1.165) is 56.9 Å². The fraction of sp³-hybridized carbons (Fsp3) is 0.414. The zero-order valence-electron chi connectivity index (χ0n) is 21.8. The highest BCUT2D eigenvalue weighted by molar-refractivity contribution is 5.74. The predicted molar refractivity (Wildman–Crippen MR) is 148 cm³/mol. The Bertz CT molecular complexity index is 1380. The molecule has 1 aromatic carbocycles. The van der Waals surface area contributed by atoms with Crippen molar-refractivity contribution in [2.75, 3.05) is 55.4 Å². The number of anilines is 3. The van der Waals surface area contributed by atoms with Gasteiger partial charge >= 0.3 is 0 Å². The summed E-state index contributed by atoms with van der Waals surface area (Å²) in [6, 6.07) is 14.0. The third-order valence-corrected chi connectivity index (χ3v) is 7.97. The standard InChI is InChI=1S/C29H33N7O2/c1-29(38-2)18-34(19-29)13-5-6-20-14-21(11-12-31-20)36-22-9-10-23(36)17-35(16-22)26-15-25(32-33-28(26)30)24-7-3-4-8-27(24)37/h3-4,7-8,11-12,14-15,22-23,37H,9-10,13,16-19H2,1-2H3,(H2,30,33). The Morgan fingerprint density at radius 3 is 2.61 bits per heavy atom. The van der Waals surface area contributed by atoms with Crippen molar-refractivity contribution >= 4 is 17.2 Å². The molecule has 0 radical (unpaired) electrons. The first kappa shape index (κ1) is 24.5. The average molecular weight is 512 g/mol. The molecule has 3 saturated heterocycles. The van der Waals surface area contributed by atoms with Gasteiger partial charge in [0.2, 0.25) is 0 Å². The van der Waals surface area contributed by atoms with E-state index in [4.69, 9.17) is 10.5 Å². The van der Waals surface area contributed by atoms with Crippen LogP contribution in [0.1, 0.15) is 25.5 Å². The summed E-state index contributed by atoms with van der Waals surface area (Å²) in [6.45, 7) is 6.34. The number of nitrogens with zero attached hydrogens (tertiary/aromatic N) is 6. The van der Waals surface area contributed by atoms with Crippen molar-refractivity contribution in [2.45, 2.75) is 37.5 Å². The Balaban J connectivity index is 1.16. The van der Waals surface area contributed by atoms with Crippen molar-refractivity contribution < 1.29 is 9.84 Å². The van der Waals surface area contributed by atoms with Gasteiger partial charge < -0.3 is 25.4 Å². The van der Waals surface area contributed by atoms with Crippen LogP contribution in [0.4, 0.5) is 17.2 Å². The molecule has 2 atom stereocenters. The molecule has 9 nitrogen and oxygen atoms in total. The molecule has 2 unspecified atom stereocenters. The van der Waals surface area contributed by atoms with Gasteiger partial charge in [-0.25, -0.2) is 4.98 Å². The molecule has 0 saturated carbocycles. The second-order valence-corrected chi connectivity index (χ2v) is 10.7. The van der Waals surface area contributed by atoms with Crippen LogP contribution >= 0.6 is 0 Å². The van der Waals surface area contributed by atoms with Gasteiger partial charge in [0, 0.05) is 62.8 Å². The van der Waals surface area contributed by atoms with Crippen LogP contribution in [-0.2, 0) is 4.74 Å². The number of fused-ring (bicyclic) bond motifs is 2. The highest BCUT2D eigenvalue weighted by Crippen LogP contribution is 2.39. The summed E-state index contributed by atoms with van der Waals surface area (Å²) in [7, 11) is 1.77. The second kappa shape index (κ2) is 9.78. The molecule has 2 bridgehead atoms. The number of hydrogen-bond acceptors (Lipinski definition) is 9. The van der Waals surface area contributed by atoms with E-state index in [2.05, 4.69) is 60.8 Å². The SMILES string of the molecule is COC1(C)CN(CC#Cc2cc(N3C4CCC3CN(c3cc(-c5ccccc5O)nnc3N)C4)ccn2)C1. The number of methoxy groups -OCH3 is 1. The van der Waals surface area contributed by atoms with E-state index in [9.17, 15) is 5.11 Å². The summed E-state index contributed by atoms with van der Waals surface area (Å²) in [5.41, 5.74) is 10.4. The minimum atomic E-state index is -0.0385. The van der Waals surface area contributed by atoms with Gasteiger partial charge in [-0.2, -0.15) is 0 Å². The summed E-state index contributed by atoms with van der Waals surface area (Å²) in [4.78, 5) is 11.6. The molecule has 3 aliphatic rings. The van der Waals surface area contributed by atoms with Gasteiger partial charge in [0.25, 0.3) is 0 Å². The fourth-order valence-corrected chi connectivity index (χ4v) is 6.02. The van der Waals surface area contributed by atoms with Gasteiger partial charge in [0.05, 0.1) is 23.5 Å². The normalized spacial score (nSPS) is 22.1. The molecular weight excluding hydrogens is 478 g/mol. The van der Waals surface area contributed by atoms with Crippen molar-refractivity contribution in [1.82, 2.24) is 20.1 Å². The van der Waals surface area contributed by atoms with E-state index in [1.54, 1.807) is 19.2 Å². The van der Waals surface area contributed by atoms with E-state index in [1.165, 1.54) is 5.69 Å². The summed E-state index contributed by atoms with van der Waals surface area (Å²) in [6.07, 6.45) is 4.09. The number of pyridine rings is 1. The fourth-order valence-electron chi connectivity index (χ4n) is 6.02. The van der Waals surface area contributed by atoms with Crippen LogP contribution in [0, 0.1) is 11.8 Å². The number of rotatable bonds is 5. The van der Waals surface area contributed by atoms with Crippen molar-refractivity contribution in [3.8, 4) is 28.8 Å². The lowest BCUT2D eigenvalue weighted by Crippen LogP contribution is -2.60. The van der Waals surface area contributed by atoms with Gasteiger partial charge in [0.1, 0.15) is 11.4 Å². The third kappa shape index (κ3) is 4.62. The molecule has 5 heterocycles. The van der Waals surface area contributed by atoms with Gasteiger partial charge in [-0.3, -0.25) is 4.90 Å². The molecule has 196 valence electrons. The summed E-state index contributed by atoms with van der Waals surface area (Å²) in [5.74, 6) is 7.12. The molecule has 0 amide bonds. The zero-order chi connectivity index (χ0) is 26.3. The largest absolute Gasteiger partial charge is 0.507 e. The lowest BCUT2D eigenvalue weighted by atomic mass is 9.97. The van der Waals surface area contributed by atoms with Crippen LogP contribution in [-0.4, -0.2) is 82.7 Å². The number of likely N-dealkylation sites (tertiary alicyclic amines) is 1. The first-order valence-corrected chi connectivity index (χ1v) is 13.1. The first-order chi connectivity index (χ1) is 18.4. The quantitative estimate of drug-likeness (QED) is 0.501. The Morgan fingerprint density at radius 2 is 1.87 bits per heavy atom. The van der Waals surface area contributed by atoms with Crippen LogP contribution < -0.4 is 15.5 Å². The number of phenolic OH excluding ortho intramolecular Hbond substituents is 1. The molecule has 38 heavy (non-hydrogen) atoms. The van der Waals surface area contributed by atoms with Gasteiger partial charge in [0.15, 0.2) is 5.82 Å². The maximum Gasteiger partial charge on any atom is 0.169 e. The number of nitrogen functional groups attached to an aromatic ring is 1. The average Bonchev–Trinajstić information content (AvgIpc) is 3.17. The van der Waals surface area contributed by atoms with Crippen molar-refractivity contribution in [2.24, 2.45) is 0 Å². The van der Waals surface area contributed by atoms with Crippen molar-refractivity contribution in [3.05, 3.63) is 54.4 Å². The molecule has 3 fully saturated rings. The number of ether oxygens (including phenoxy) is 1. The molecular formula is C29H33N7O2. The first-order valence-electron chi connectivity index (χ1n) is 13.1. The number of nitrogens with two attached hydrogens (primary N) is 1. The van der Waals surface area contributed by atoms with E-state index in [1.807, 2.05) is 24.4 Å². The highest BCUT2D eigenvalue weighted by atomic mass is 16.5. The van der Waals surface area contributed by atoms with Crippen LogP contribution in [0.15, 0.2) is 48.7 Å². The molecule has 6 rings (SSSR count). The van der Waals surface area contributed by atoms with Crippen molar-refractivity contribution in [3.63, 3.8) is 0 Å². The van der Waals surface area contributed by atoms with Gasteiger partial charge in [-0.1, -0.05) is 18.1 Å². The van der Waals surface area contributed by atoms with Gasteiger partial charge in [-0.15, -0.1) is 10.2 Å². The number of hydrogen-bond donors (Lipinski definition) is 2. The molecule has 3 aliphatic heterocycles. The summed E-state index contributed by atoms with van der Waals surface area (Å²) < 4.78 is 5.52. The third-order valence-electron chi connectivity index (χ3n) is 7.97. The molecule has 3 aromatic rings. The Hall–Kier alpha value is -3.87. The maximum atomic E-state index is 10.3. The molecule has 3 N–H and O–H groups in total. The molecule has 2 aromatic heterocycles. The smallest absolute Gasteiger partial charge is 0.169 e. The lowest BCUT2D eigenvalue weighted by Gasteiger charge is -2.46. The van der Waals surface area contributed by atoms with E-state index < -0.39 is 0 Å². The van der Waals surface area contributed by atoms with E-state index in [0.29, 0.717) is 29.2 Å². The topological polar surface area (TPSA) is 104 Å². The number of para-hydroxylation sites is 1. The zero-order valence-corrected chi connectivity index (χ0v) is 21.8. The minimum absolute atomic E-state index is 0.0385. The number of phenols is 1. The lowest BCUT2D eigenvalue weighted by molar-refractivity contribution is -0.105. The Kier molecular flexibility index (Phi) is 6.30. The maximum absolute atomic E-state index is 10.3. The minimum Gasteiger partial charge on any atom is -0.507 e. The van der Waals surface area contributed by atoms with Crippen LogP contribution in [0.25, 0.3) is 11.3 Å². The molecule has 9 heteroatoms. The predicted octanol–water partition coefficient (Wildman–Crippen LogP) is 2.76. The van der Waals surface area contributed by atoms with Crippen molar-refractivity contribution in [1.29, 1.82) is 0 Å². The van der Waals surface area contributed by atoms with Gasteiger partial charge in [-0.05, 0) is 56.0 Å². The van der Waals surface area contributed by atoms with E-state index in [-0.39, 0.29) is 11.4 Å². The highest BCUT2D eigenvalue weighted by Gasteiger charge is 2.41. The number of benzene rings is 1. The van der Waals surface area contributed by atoms with Crippen LogP contribution in [0.5, 0.6) is 5.75 Å². The monoisotopic (exact) mass is 511 g/mol. The number of aromatic hydroxyl groups is 1. The van der Waals surface area contributed by atoms with E-state index >= 15 is 0 Å².